The summed E-state index contributed by atoms with van der Waals surface area (Å²) in [5.41, 5.74) is 0. The van der Waals surface area contributed by atoms with Gasteiger partial charge in [-0.25, -0.2) is 0 Å². The molecule has 4 nitrogen and oxygen atoms in total. The summed E-state index contributed by atoms with van der Waals surface area (Å²) in [4.78, 5) is 23.6. The molecule has 0 unspecified atom stereocenters. The molecular weight excluding hydrogens is 232 g/mol. The van der Waals surface area contributed by atoms with Gasteiger partial charge in [0.2, 0.25) is 0 Å². The number of esters is 2. The third kappa shape index (κ3) is 3.87. The maximum atomic E-state index is 11.8. The maximum absolute atomic E-state index is 11.8. The minimum absolute atomic E-state index is 0.160. The minimum atomic E-state index is -0.465. The molecule has 0 saturated heterocycles. The van der Waals surface area contributed by atoms with Crippen molar-refractivity contribution in [2.24, 2.45) is 11.8 Å². The van der Waals surface area contributed by atoms with Crippen LogP contribution in [0.15, 0.2) is 37.5 Å². The topological polar surface area (TPSA) is 52.6 Å². The lowest BCUT2D eigenvalue weighted by atomic mass is 9.83. The SMILES string of the molecule is C=CCOC(=O)[C@@H]1CC=CC[C@H]1C(=O)OCC=C. The van der Waals surface area contributed by atoms with E-state index < -0.39 is 11.8 Å². The Bertz CT molecular complexity index is 323. The summed E-state index contributed by atoms with van der Waals surface area (Å²) in [6.07, 6.45) is 7.78. The number of carbonyl (C=O) groups excluding carboxylic acids is 2. The monoisotopic (exact) mass is 250 g/mol. The van der Waals surface area contributed by atoms with E-state index in [2.05, 4.69) is 13.2 Å². The van der Waals surface area contributed by atoms with Gasteiger partial charge in [-0.1, -0.05) is 37.5 Å². The Balaban J connectivity index is 2.64. The van der Waals surface area contributed by atoms with Gasteiger partial charge in [0.25, 0.3) is 0 Å². The minimum Gasteiger partial charge on any atom is -0.461 e. The van der Waals surface area contributed by atoms with Crippen LogP contribution in [0.5, 0.6) is 0 Å². The molecular formula is C14H18O4. The van der Waals surface area contributed by atoms with Crippen LogP contribution < -0.4 is 0 Å². The van der Waals surface area contributed by atoms with Crippen molar-refractivity contribution in [3.8, 4) is 0 Å². The summed E-state index contributed by atoms with van der Waals surface area (Å²) in [7, 11) is 0. The Hall–Kier alpha value is -1.84. The van der Waals surface area contributed by atoms with Gasteiger partial charge in [-0.15, -0.1) is 0 Å². The number of allylic oxidation sites excluding steroid dienone is 2. The van der Waals surface area contributed by atoms with Crippen molar-refractivity contribution in [2.75, 3.05) is 13.2 Å². The van der Waals surface area contributed by atoms with Gasteiger partial charge in [0.1, 0.15) is 13.2 Å². The number of carbonyl (C=O) groups is 2. The van der Waals surface area contributed by atoms with E-state index in [4.69, 9.17) is 9.47 Å². The Morgan fingerprint density at radius 3 is 1.72 bits per heavy atom. The van der Waals surface area contributed by atoms with Crippen LogP contribution in [0.1, 0.15) is 12.8 Å². The van der Waals surface area contributed by atoms with Gasteiger partial charge < -0.3 is 9.47 Å². The molecule has 0 amide bonds. The predicted octanol–water partition coefficient (Wildman–Crippen LogP) is 2.03. The molecule has 0 saturated carbocycles. The van der Waals surface area contributed by atoms with Gasteiger partial charge in [-0.2, -0.15) is 0 Å². The second-order valence-electron chi connectivity index (χ2n) is 3.99. The van der Waals surface area contributed by atoms with Gasteiger partial charge in [0.15, 0.2) is 0 Å². The smallest absolute Gasteiger partial charge is 0.310 e. The first-order valence-corrected chi connectivity index (χ1v) is 5.90. The highest BCUT2D eigenvalue weighted by molar-refractivity contribution is 5.82. The van der Waals surface area contributed by atoms with E-state index in [-0.39, 0.29) is 25.2 Å². The van der Waals surface area contributed by atoms with Gasteiger partial charge in [-0.3, -0.25) is 9.59 Å². The summed E-state index contributed by atoms with van der Waals surface area (Å²) in [6.45, 7) is 7.28. The zero-order valence-electron chi connectivity index (χ0n) is 10.3. The number of hydrogen-bond donors (Lipinski definition) is 0. The first-order valence-electron chi connectivity index (χ1n) is 5.90. The van der Waals surface area contributed by atoms with Gasteiger partial charge in [0.05, 0.1) is 11.8 Å². The van der Waals surface area contributed by atoms with Crippen molar-refractivity contribution in [3.05, 3.63) is 37.5 Å². The fourth-order valence-electron chi connectivity index (χ4n) is 1.83. The number of rotatable bonds is 6. The van der Waals surface area contributed by atoms with E-state index in [0.29, 0.717) is 12.8 Å². The molecule has 1 rings (SSSR count). The molecule has 0 radical (unpaired) electrons. The lowest BCUT2D eigenvalue weighted by Gasteiger charge is -2.24. The molecule has 0 aliphatic heterocycles. The third-order valence-corrected chi connectivity index (χ3v) is 2.72. The van der Waals surface area contributed by atoms with Crippen LogP contribution in [0.3, 0.4) is 0 Å². The number of hydrogen-bond acceptors (Lipinski definition) is 4. The fraction of sp³-hybridized carbons (Fsp3) is 0.429. The Kier molecular flexibility index (Phi) is 5.91. The van der Waals surface area contributed by atoms with Crippen LogP contribution in [0, 0.1) is 11.8 Å². The normalized spacial score (nSPS) is 22.0. The molecule has 2 atom stereocenters. The number of ether oxygens (including phenoxy) is 2. The molecule has 0 aromatic carbocycles. The third-order valence-electron chi connectivity index (χ3n) is 2.72. The lowest BCUT2D eigenvalue weighted by Crippen LogP contribution is -2.33. The standard InChI is InChI=1S/C14H18O4/c1-3-9-17-13(15)11-7-5-6-8-12(11)14(16)18-10-4-2/h3-6,11-12H,1-2,7-10H2/t11-,12-/m1/s1. The highest BCUT2D eigenvalue weighted by Crippen LogP contribution is 2.28. The predicted molar refractivity (Wildman–Crippen MR) is 67.7 cm³/mol. The van der Waals surface area contributed by atoms with E-state index in [1.54, 1.807) is 0 Å². The molecule has 18 heavy (non-hydrogen) atoms. The van der Waals surface area contributed by atoms with Crippen LogP contribution in [0.25, 0.3) is 0 Å². The van der Waals surface area contributed by atoms with Gasteiger partial charge in [-0.05, 0) is 12.8 Å². The summed E-state index contributed by atoms with van der Waals surface area (Å²) >= 11 is 0. The van der Waals surface area contributed by atoms with E-state index in [1.807, 2.05) is 12.2 Å². The van der Waals surface area contributed by atoms with Crippen LogP contribution >= 0.6 is 0 Å². The largest absolute Gasteiger partial charge is 0.461 e. The fourth-order valence-corrected chi connectivity index (χ4v) is 1.83. The van der Waals surface area contributed by atoms with Crippen molar-refractivity contribution in [2.45, 2.75) is 12.8 Å². The van der Waals surface area contributed by atoms with Crippen LogP contribution in [0.4, 0.5) is 0 Å². The Labute approximate surface area is 107 Å². The molecule has 0 aromatic rings. The molecule has 1 aliphatic rings. The summed E-state index contributed by atoms with van der Waals surface area (Å²) in [5, 5.41) is 0. The maximum Gasteiger partial charge on any atom is 0.310 e. The van der Waals surface area contributed by atoms with Crippen molar-refractivity contribution in [1.82, 2.24) is 0 Å². The zero-order valence-corrected chi connectivity index (χ0v) is 10.3. The molecule has 0 fully saturated rings. The van der Waals surface area contributed by atoms with Crippen molar-refractivity contribution >= 4 is 11.9 Å². The second kappa shape index (κ2) is 7.48. The highest BCUT2D eigenvalue weighted by Gasteiger charge is 2.35. The Morgan fingerprint density at radius 2 is 1.39 bits per heavy atom. The molecule has 0 heterocycles. The van der Waals surface area contributed by atoms with E-state index in [9.17, 15) is 9.59 Å². The molecule has 0 spiro atoms. The first kappa shape index (κ1) is 14.2. The van der Waals surface area contributed by atoms with E-state index in [1.165, 1.54) is 12.2 Å². The molecule has 0 N–H and O–H groups in total. The van der Waals surface area contributed by atoms with E-state index >= 15 is 0 Å². The molecule has 0 aromatic heterocycles. The summed E-state index contributed by atoms with van der Waals surface area (Å²) in [6, 6.07) is 0. The zero-order chi connectivity index (χ0) is 13.4. The average Bonchev–Trinajstić information content (AvgIpc) is 2.42. The van der Waals surface area contributed by atoms with Crippen molar-refractivity contribution in [3.63, 3.8) is 0 Å². The summed E-state index contributed by atoms with van der Waals surface area (Å²) < 4.78 is 9.99. The second-order valence-corrected chi connectivity index (χ2v) is 3.99. The molecule has 4 heteroatoms. The van der Waals surface area contributed by atoms with Crippen LogP contribution in [-0.4, -0.2) is 25.2 Å². The molecule has 0 bridgehead atoms. The quantitative estimate of drug-likeness (QED) is 0.534. The average molecular weight is 250 g/mol. The molecule has 98 valence electrons. The van der Waals surface area contributed by atoms with Gasteiger partial charge in [0, 0.05) is 0 Å². The van der Waals surface area contributed by atoms with Crippen LogP contribution in [0.2, 0.25) is 0 Å². The van der Waals surface area contributed by atoms with E-state index in [0.717, 1.165) is 0 Å². The lowest BCUT2D eigenvalue weighted by molar-refractivity contribution is -0.159. The van der Waals surface area contributed by atoms with Crippen LogP contribution in [-0.2, 0) is 19.1 Å². The highest BCUT2D eigenvalue weighted by atomic mass is 16.5. The molecule has 1 aliphatic carbocycles. The Morgan fingerprint density at radius 1 is 1.00 bits per heavy atom. The van der Waals surface area contributed by atoms with Crippen molar-refractivity contribution < 1.29 is 19.1 Å². The summed E-state index contributed by atoms with van der Waals surface area (Å²) in [5.74, 6) is -1.68. The first-order chi connectivity index (χ1) is 8.70. The van der Waals surface area contributed by atoms with Crippen molar-refractivity contribution in [1.29, 1.82) is 0 Å². The van der Waals surface area contributed by atoms with Gasteiger partial charge >= 0.3 is 11.9 Å².